The number of para-hydroxylation sites is 1. The molecule has 4 rings (SSSR count). The van der Waals surface area contributed by atoms with Crippen molar-refractivity contribution in [2.45, 2.75) is 64.0 Å². The highest BCUT2D eigenvalue weighted by atomic mass is 16.2. The highest BCUT2D eigenvalue weighted by molar-refractivity contribution is 6.00. The van der Waals surface area contributed by atoms with Crippen LogP contribution in [0, 0.1) is 17.8 Å². The summed E-state index contributed by atoms with van der Waals surface area (Å²) >= 11 is 0. The van der Waals surface area contributed by atoms with Crippen LogP contribution in [0.2, 0.25) is 0 Å². The second-order valence-corrected chi connectivity index (χ2v) is 8.85. The summed E-state index contributed by atoms with van der Waals surface area (Å²) in [6, 6.07) is 9.76. The van der Waals surface area contributed by atoms with Crippen LogP contribution in [0.1, 0.15) is 51.9 Å². The summed E-state index contributed by atoms with van der Waals surface area (Å²) in [7, 11) is 0. The lowest BCUT2D eigenvalue weighted by molar-refractivity contribution is -0.128. The maximum absolute atomic E-state index is 12.8. The van der Waals surface area contributed by atoms with Gasteiger partial charge in [0.05, 0.1) is 5.92 Å². The van der Waals surface area contributed by atoms with E-state index in [2.05, 4.69) is 17.6 Å². The van der Waals surface area contributed by atoms with Gasteiger partial charge in [-0.1, -0.05) is 31.5 Å². The van der Waals surface area contributed by atoms with Gasteiger partial charge in [-0.25, -0.2) is 0 Å². The van der Waals surface area contributed by atoms with Crippen molar-refractivity contribution in [1.29, 1.82) is 0 Å². The second-order valence-electron chi connectivity index (χ2n) is 8.85. The molecule has 2 saturated heterocycles. The smallest absolute Gasteiger partial charge is 0.227 e. The van der Waals surface area contributed by atoms with E-state index in [1.54, 1.807) is 4.90 Å². The molecule has 6 heteroatoms. The quantitative estimate of drug-likeness (QED) is 0.802. The fourth-order valence-corrected chi connectivity index (χ4v) is 5.46. The number of hydrogen-bond donors (Lipinski definition) is 2. The average molecular weight is 398 g/mol. The minimum Gasteiger partial charge on any atom is -0.353 e. The summed E-state index contributed by atoms with van der Waals surface area (Å²) in [5.74, 6) is 0.810. The topological polar surface area (TPSA) is 78.5 Å². The minimum absolute atomic E-state index is 0.00186. The number of anilines is 1. The number of nitrogens with zero attached hydrogens (tertiary/aromatic N) is 1. The molecule has 3 aliphatic rings. The van der Waals surface area contributed by atoms with Gasteiger partial charge in [-0.2, -0.15) is 0 Å². The van der Waals surface area contributed by atoms with E-state index in [0.29, 0.717) is 24.8 Å². The van der Waals surface area contributed by atoms with E-state index >= 15 is 0 Å². The van der Waals surface area contributed by atoms with Crippen molar-refractivity contribution in [2.24, 2.45) is 17.8 Å². The first-order chi connectivity index (χ1) is 14.0. The number of benzene rings is 1. The number of carbonyl (C=O) groups is 3. The predicted octanol–water partition coefficient (Wildman–Crippen LogP) is 2.63. The molecule has 0 bridgehead atoms. The molecule has 1 aromatic rings. The molecule has 2 heterocycles. The second kappa shape index (κ2) is 8.56. The molecule has 6 nitrogen and oxygen atoms in total. The van der Waals surface area contributed by atoms with Crippen LogP contribution in [-0.2, 0) is 14.4 Å². The maximum Gasteiger partial charge on any atom is 0.227 e. The number of nitrogens with one attached hydrogen (secondary N) is 2. The summed E-state index contributed by atoms with van der Waals surface area (Å²) < 4.78 is 0. The first-order valence-corrected chi connectivity index (χ1v) is 11.0. The number of hydrogen-bond acceptors (Lipinski definition) is 3. The Morgan fingerprint density at radius 3 is 2.72 bits per heavy atom. The zero-order valence-electron chi connectivity index (χ0n) is 17.1. The van der Waals surface area contributed by atoms with Crippen molar-refractivity contribution in [2.75, 3.05) is 11.4 Å². The predicted molar refractivity (Wildman–Crippen MR) is 111 cm³/mol. The van der Waals surface area contributed by atoms with Crippen molar-refractivity contribution >= 4 is 23.4 Å². The lowest BCUT2D eigenvalue weighted by Crippen LogP contribution is -2.55. The molecule has 5 unspecified atom stereocenters. The van der Waals surface area contributed by atoms with Crippen molar-refractivity contribution in [3.8, 4) is 0 Å². The van der Waals surface area contributed by atoms with Gasteiger partial charge in [0.15, 0.2) is 0 Å². The lowest BCUT2D eigenvalue weighted by atomic mass is 9.70. The first kappa shape index (κ1) is 19.9. The maximum atomic E-state index is 12.8. The summed E-state index contributed by atoms with van der Waals surface area (Å²) in [5.41, 5.74) is 0.847. The Balaban J connectivity index is 1.34. The number of carbonyl (C=O) groups excluding carboxylic acids is 3. The molecule has 3 amide bonds. The van der Waals surface area contributed by atoms with Crippen LogP contribution in [-0.4, -0.2) is 36.3 Å². The van der Waals surface area contributed by atoms with Crippen molar-refractivity contribution in [1.82, 2.24) is 10.6 Å². The lowest BCUT2D eigenvalue weighted by Gasteiger charge is -2.44. The number of rotatable bonds is 5. The number of amides is 3. The van der Waals surface area contributed by atoms with Crippen molar-refractivity contribution in [3.63, 3.8) is 0 Å². The average Bonchev–Trinajstić information content (AvgIpc) is 3.10. The normalized spacial score (nSPS) is 31.9. The Labute approximate surface area is 172 Å². The molecular formula is C23H31N3O3. The van der Waals surface area contributed by atoms with Gasteiger partial charge >= 0.3 is 0 Å². The van der Waals surface area contributed by atoms with Crippen LogP contribution >= 0.6 is 0 Å². The summed E-state index contributed by atoms with van der Waals surface area (Å²) in [4.78, 5) is 39.1. The monoisotopic (exact) mass is 397 g/mol. The minimum atomic E-state index is -0.311. The van der Waals surface area contributed by atoms with Gasteiger partial charge in [-0.3, -0.25) is 14.4 Å². The van der Waals surface area contributed by atoms with E-state index in [0.717, 1.165) is 37.8 Å². The van der Waals surface area contributed by atoms with Gasteiger partial charge in [0, 0.05) is 37.2 Å². The van der Waals surface area contributed by atoms with Crippen LogP contribution in [0.4, 0.5) is 5.69 Å². The van der Waals surface area contributed by atoms with Crippen LogP contribution < -0.4 is 15.5 Å². The third-order valence-corrected chi connectivity index (χ3v) is 6.87. The van der Waals surface area contributed by atoms with Crippen LogP contribution in [0.25, 0.3) is 0 Å². The fourth-order valence-electron chi connectivity index (χ4n) is 5.46. The molecular weight excluding hydrogens is 366 g/mol. The SMILES string of the molecule is CCCC1CC(=O)NC2CC(NC(=O)C3CC(=O)N(c4ccccc4)C3)CCC12. The van der Waals surface area contributed by atoms with Gasteiger partial charge in [0.2, 0.25) is 17.7 Å². The zero-order chi connectivity index (χ0) is 20.4. The zero-order valence-corrected chi connectivity index (χ0v) is 17.1. The number of piperidine rings is 1. The van der Waals surface area contributed by atoms with Crippen LogP contribution in [0.15, 0.2) is 30.3 Å². The van der Waals surface area contributed by atoms with E-state index in [4.69, 9.17) is 0 Å². The summed E-state index contributed by atoms with van der Waals surface area (Å²) in [6.45, 7) is 2.61. The Morgan fingerprint density at radius 2 is 1.97 bits per heavy atom. The van der Waals surface area contributed by atoms with E-state index in [1.165, 1.54) is 0 Å². The van der Waals surface area contributed by atoms with E-state index in [-0.39, 0.29) is 42.1 Å². The molecule has 0 radical (unpaired) electrons. The molecule has 1 aromatic carbocycles. The molecule has 5 atom stereocenters. The van der Waals surface area contributed by atoms with Crippen LogP contribution in [0.5, 0.6) is 0 Å². The molecule has 2 aliphatic heterocycles. The van der Waals surface area contributed by atoms with Gasteiger partial charge in [-0.05, 0) is 49.7 Å². The molecule has 29 heavy (non-hydrogen) atoms. The highest BCUT2D eigenvalue weighted by Crippen LogP contribution is 2.37. The molecule has 1 aliphatic carbocycles. The first-order valence-electron chi connectivity index (χ1n) is 11.0. The van der Waals surface area contributed by atoms with Gasteiger partial charge in [-0.15, -0.1) is 0 Å². The fraction of sp³-hybridized carbons (Fsp3) is 0.609. The summed E-state index contributed by atoms with van der Waals surface area (Å²) in [5, 5.41) is 6.34. The third kappa shape index (κ3) is 4.31. The molecule has 2 N–H and O–H groups in total. The largest absolute Gasteiger partial charge is 0.353 e. The van der Waals surface area contributed by atoms with Crippen LogP contribution in [0.3, 0.4) is 0 Å². The van der Waals surface area contributed by atoms with Gasteiger partial charge in [0.1, 0.15) is 0 Å². The van der Waals surface area contributed by atoms with Crippen molar-refractivity contribution < 1.29 is 14.4 Å². The molecule has 1 saturated carbocycles. The highest BCUT2D eigenvalue weighted by Gasteiger charge is 2.41. The third-order valence-electron chi connectivity index (χ3n) is 6.87. The van der Waals surface area contributed by atoms with Gasteiger partial charge < -0.3 is 15.5 Å². The summed E-state index contributed by atoms with van der Waals surface area (Å²) in [6.07, 6.45) is 5.90. The molecule has 0 spiro atoms. The molecule has 156 valence electrons. The Morgan fingerprint density at radius 1 is 1.17 bits per heavy atom. The standard InChI is InChI=1S/C23H31N3O3/c1-2-6-15-11-21(27)25-20-13-17(9-10-19(15)20)24-23(29)16-12-22(28)26(14-16)18-7-4-3-5-8-18/h3-5,7-8,15-17,19-20H,2,6,9-14H2,1H3,(H,24,29)(H,25,27). The van der Waals surface area contributed by atoms with Crippen molar-refractivity contribution in [3.05, 3.63) is 30.3 Å². The Bertz CT molecular complexity index is 766. The molecule has 0 aromatic heterocycles. The van der Waals surface area contributed by atoms with E-state index in [1.807, 2.05) is 30.3 Å². The Kier molecular flexibility index (Phi) is 5.88. The Hall–Kier alpha value is -2.37. The number of fused-ring (bicyclic) bond motifs is 1. The van der Waals surface area contributed by atoms with E-state index in [9.17, 15) is 14.4 Å². The van der Waals surface area contributed by atoms with E-state index < -0.39 is 0 Å². The van der Waals surface area contributed by atoms with Gasteiger partial charge in [0.25, 0.3) is 0 Å². The molecule has 3 fully saturated rings.